The molecule has 0 aliphatic carbocycles. The van der Waals surface area contributed by atoms with E-state index in [9.17, 15) is 18.0 Å². The van der Waals surface area contributed by atoms with Crippen LogP contribution in [0.1, 0.15) is 58.4 Å². The molecule has 0 fully saturated rings. The van der Waals surface area contributed by atoms with Crippen molar-refractivity contribution in [3.8, 4) is 0 Å². The number of benzene rings is 1. The number of carbonyl (C=O) groups excluding carboxylic acids is 2. The van der Waals surface area contributed by atoms with Gasteiger partial charge in [0.05, 0.1) is 17.6 Å². The van der Waals surface area contributed by atoms with Crippen LogP contribution in [0.25, 0.3) is 0 Å². The number of rotatable bonds is 9. The minimum atomic E-state index is -3.52. The number of nitrogens with one attached hydrogen (secondary N) is 2. The summed E-state index contributed by atoms with van der Waals surface area (Å²) in [7, 11) is -2.21. The fourth-order valence-electron chi connectivity index (χ4n) is 3.29. The third-order valence-corrected chi connectivity index (χ3v) is 7.08. The molecule has 9 heteroatoms. The van der Waals surface area contributed by atoms with Gasteiger partial charge in [-0.3, -0.25) is 4.79 Å². The second-order valence-electron chi connectivity index (χ2n) is 6.74. The van der Waals surface area contributed by atoms with Gasteiger partial charge in [0.25, 0.3) is 5.91 Å². The van der Waals surface area contributed by atoms with E-state index in [-0.39, 0.29) is 17.3 Å². The van der Waals surface area contributed by atoms with Crippen molar-refractivity contribution in [3.05, 3.63) is 52.3 Å². The molecule has 1 aromatic carbocycles. The Balaban J connectivity index is 2.14. The Labute approximate surface area is 177 Å². The molecule has 30 heavy (non-hydrogen) atoms. The maximum absolute atomic E-state index is 12.6. The van der Waals surface area contributed by atoms with Gasteiger partial charge in [0, 0.05) is 25.3 Å². The Morgan fingerprint density at radius 1 is 1.10 bits per heavy atom. The average molecular weight is 436 g/mol. The van der Waals surface area contributed by atoms with Crippen molar-refractivity contribution in [1.29, 1.82) is 0 Å². The van der Waals surface area contributed by atoms with Gasteiger partial charge in [-0.1, -0.05) is 32.9 Å². The van der Waals surface area contributed by atoms with Gasteiger partial charge in [-0.2, -0.15) is 4.31 Å². The van der Waals surface area contributed by atoms with E-state index in [2.05, 4.69) is 10.3 Å². The van der Waals surface area contributed by atoms with Crippen LogP contribution in [0.15, 0.2) is 29.2 Å². The lowest BCUT2D eigenvalue weighted by Gasteiger charge is -2.18. The Hall–Kier alpha value is -2.65. The molecule has 0 radical (unpaired) electrons. The smallest absolute Gasteiger partial charge is 0.339 e. The Kier molecular flexibility index (Phi) is 7.80. The standard InChI is InChI=1S/C21H29N3O5S/c1-6-17-18(21(26)29-5)14(4)19(23-17)20(25)22-13-15-9-11-16(12-10-15)30(27,28)24(7-2)8-3/h9-12,23H,6-8,13H2,1-5H3,(H,22,25). The van der Waals surface area contributed by atoms with E-state index in [1.807, 2.05) is 6.92 Å². The molecular weight excluding hydrogens is 406 g/mol. The molecule has 0 saturated carbocycles. The largest absolute Gasteiger partial charge is 0.465 e. The summed E-state index contributed by atoms with van der Waals surface area (Å²) in [5.41, 5.74) is 2.64. The molecule has 1 amide bonds. The number of ether oxygens (including phenoxy) is 1. The Morgan fingerprint density at radius 2 is 1.70 bits per heavy atom. The zero-order valence-corrected chi connectivity index (χ0v) is 18.9. The number of hydrogen-bond acceptors (Lipinski definition) is 5. The third-order valence-electron chi connectivity index (χ3n) is 5.02. The predicted molar refractivity (Wildman–Crippen MR) is 114 cm³/mol. The summed E-state index contributed by atoms with van der Waals surface area (Å²) in [5.74, 6) is -0.832. The quantitative estimate of drug-likeness (QED) is 0.589. The van der Waals surface area contributed by atoms with Crippen molar-refractivity contribution < 1.29 is 22.7 Å². The first-order chi connectivity index (χ1) is 14.2. The van der Waals surface area contributed by atoms with Gasteiger partial charge in [-0.25, -0.2) is 13.2 Å². The van der Waals surface area contributed by atoms with Crippen LogP contribution >= 0.6 is 0 Å². The maximum atomic E-state index is 12.6. The number of sulfonamides is 1. The molecule has 0 bridgehead atoms. The van der Waals surface area contributed by atoms with Crippen LogP contribution in [0.5, 0.6) is 0 Å². The molecule has 8 nitrogen and oxygen atoms in total. The number of methoxy groups -OCH3 is 1. The van der Waals surface area contributed by atoms with Crippen LogP contribution in [-0.2, 0) is 27.7 Å². The third kappa shape index (κ3) is 4.73. The number of aryl methyl sites for hydroxylation is 1. The van der Waals surface area contributed by atoms with Crippen molar-refractivity contribution in [3.63, 3.8) is 0 Å². The Bertz CT molecular complexity index is 1010. The predicted octanol–water partition coefficient (Wildman–Crippen LogP) is 2.63. The van der Waals surface area contributed by atoms with Gasteiger partial charge in [0.15, 0.2) is 0 Å². The highest BCUT2D eigenvalue weighted by Crippen LogP contribution is 2.20. The van der Waals surface area contributed by atoms with E-state index >= 15 is 0 Å². The molecule has 2 N–H and O–H groups in total. The molecule has 0 spiro atoms. The van der Waals surface area contributed by atoms with Gasteiger partial charge in [0.2, 0.25) is 10.0 Å². The van der Waals surface area contributed by atoms with E-state index in [1.54, 1.807) is 45.0 Å². The summed E-state index contributed by atoms with van der Waals surface area (Å²) in [6.07, 6.45) is 0.557. The lowest BCUT2D eigenvalue weighted by Crippen LogP contribution is -2.30. The molecule has 1 heterocycles. The average Bonchev–Trinajstić information content (AvgIpc) is 3.08. The summed E-state index contributed by atoms with van der Waals surface area (Å²) in [6, 6.07) is 6.43. The van der Waals surface area contributed by atoms with Gasteiger partial charge >= 0.3 is 5.97 Å². The van der Waals surface area contributed by atoms with E-state index < -0.39 is 16.0 Å². The highest BCUT2D eigenvalue weighted by atomic mass is 32.2. The van der Waals surface area contributed by atoms with Gasteiger partial charge in [0.1, 0.15) is 5.69 Å². The summed E-state index contributed by atoms with van der Waals surface area (Å²) in [5, 5.41) is 2.80. The van der Waals surface area contributed by atoms with Crippen LogP contribution in [0.2, 0.25) is 0 Å². The second kappa shape index (κ2) is 9.90. The van der Waals surface area contributed by atoms with Crippen LogP contribution in [0.3, 0.4) is 0 Å². The molecule has 2 rings (SSSR count). The number of aromatic nitrogens is 1. The van der Waals surface area contributed by atoms with Crippen LogP contribution in [-0.4, -0.2) is 49.8 Å². The van der Waals surface area contributed by atoms with Gasteiger partial charge in [-0.15, -0.1) is 0 Å². The number of amides is 1. The summed E-state index contributed by atoms with van der Waals surface area (Å²) >= 11 is 0. The van der Waals surface area contributed by atoms with Crippen molar-refractivity contribution in [2.24, 2.45) is 0 Å². The van der Waals surface area contributed by atoms with Crippen molar-refractivity contribution in [2.75, 3.05) is 20.2 Å². The van der Waals surface area contributed by atoms with Crippen LogP contribution in [0.4, 0.5) is 0 Å². The SMILES string of the molecule is CCc1[nH]c(C(=O)NCc2ccc(S(=O)(=O)N(CC)CC)cc2)c(C)c1C(=O)OC. The summed E-state index contributed by atoms with van der Waals surface area (Å²) < 4.78 is 31.3. The number of nitrogens with zero attached hydrogens (tertiary/aromatic N) is 1. The fraction of sp³-hybridized carbons (Fsp3) is 0.429. The number of H-pyrrole nitrogens is 1. The van der Waals surface area contributed by atoms with Crippen LogP contribution < -0.4 is 5.32 Å². The minimum absolute atomic E-state index is 0.219. The maximum Gasteiger partial charge on any atom is 0.339 e. The number of aromatic amines is 1. The van der Waals surface area contributed by atoms with E-state index in [0.717, 1.165) is 5.56 Å². The molecule has 0 saturated heterocycles. The molecule has 0 atom stereocenters. The van der Waals surface area contributed by atoms with Crippen molar-refractivity contribution in [1.82, 2.24) is 14.6 Å². The monoisotopic (exact) mass is 435 g/mol. The minimum Gasteiger partial charge on any atom is -0.465 e. The first-order valence-corrected chi connectivity index (χ1v) is 11.3. The molecule has 0 unspecified atom stereocenters. The normalized spacial score (nSPS) is 11.5. The zero-order chi connectivity index (χ0) is 22.5. The summed E-state index contributed by atoms with van der Waals surface area (Å²) in [6.45, 7) is 8.19. The fourth-order valence-corrected chi connectivity index (χ4v) is 4.75. The number of hydrogen-bond donors (Lipinski definition) is 2. The molecule has 0 aliphatic heterocycles. The lowest BCUT2D eigenvalue weighted by atomic mass is 10.1. The number of esters is 1. The highest BCUT2D eigenvalue weighted by Gasteiger charge is 2.24. The molecule has 164 valence electrons. The topological polar surface area (TPSA) is 109 Å². The second-order valence-corrected chi connectivity index (χ2v) is 8.68. The molecular formula is C21H29N3O5S. The lowest BCUT2D eigenvalue weighted by molar-refractivity contribution is 0.0599. The van der Waals surface area contributed by atoms with E-state index in [1.165, 1.54) is 11.4 Å². The highest BCUT2D eigenvalue weighted by molar-refractivity contribution is 7.89. The van der Waals surface area contributed by atoms with Crippen molar-refractivity contribution >= 4 is 21.9 Å². The first kappa shape index (κ1) is 23.6. The summed E-state index contributed by atoms with van der Waals surface area (Å²) in [4.78, 5) is 27.9. The van der Waals surface area contributed by atoms with Gasteiger partial charge in [-0.05, 0) is 36.6 Å². The van der Waals surface area contributed by atoms with Crippen LogP contribution in [0, 0.1) is 6.92 Å². The van der Waals surface area contributed by atoms with E-state index in [0.29, 0.717) is 42.0 Å². The number of carbonyl (C=O) groups is 2. The molecule has 0 aliphatic rings. The molecule has 1 aromatic heterocycles. The van der Waals surface area contributed by atoms with Crippen molar-refractivity contribution in [2.45, 2.75) is 45.6 Å². The zero-order valence-electron chi connectivity index (χ0n) is 18.0. The molecule has 2 aromatic rings. The Morgan fingerprint density at radius 3 is 2.20 bits per heavy atom. The van der Waals surface area contributed by atoms with E-state index in [4.69, 9.17) is 4.74 Å². The van der Waals surface area contributed by atoms with Gasteiger partial charge < -0.3 is 15.0 Å². The first-order valence-electron chi connectivity index (χ1n) is 9.88.